The van der Waals surface area contributed by atoms with Crippen molar-refractivity contribution in [1.29, 1.82) is 0 Å². The summed E-state index contributed by atoms with van der Waals surface area (Å²) in [5, 5.41) is 0. The average molecular weight is 379 g/mol. The second kappa shape index (κ2) is 5.56. The summed E-state index contributed by atoms with van der Waals surface area (Å²) in [6.45, 7) is 0.284. The number of hydrogen-bond acceptors (Lipinski definition) is 3. The summed E-state index contributed by atoms with van der Waals surface area (Å²) >= 11 is 2.29. The van der Waals surface area contributed by atoms with Crippen molar-refractivity contribution in [2.75, 3.05) is 11.0 Å². The van der Waals surface area contributed by atoms with E-state index in [0.29, 0.717) is 5.56 Å². The van der Waals surface area contributed by atoms with Gasteiger partial charge in [0.1, 0.15) is 4.90 Å². The fraction of sp³-hybridized carbons (Fsp3) is 0.417. The maximum atomic E-state index is 12.2. The monoisotopic (exact) mass is 379 g/mol. The van der Waals surface area contributed by atoms with Gasteiger partial charge in [0, 0.05) is 6.54 Å². The Bertz CT molecular complexity index is 556. The molecule has 0 N–H and O–H groups in total. The highest BCUT2D eigenvalue weighted by atomic mass is 127. The number of alkyl halides is 1. The average Bonchev–Trinajstić information content (AvgIpc) is 2.55. The molecule has 0 saturated carbocycles. The fourth-order valence-corrected chi connectivity index (χ4v) is 4.13. The van der Waals surface area contributed by atoms with Gasteiger partial charge in [-0.05, 0) is 29.4 Å². The summed E-state index contributed by atoms with van der Waals surface area (Å²) in [4.78, 5) is 12.2. The van der Waals surface area contributed by atoms with E-state index < -0.39 is 10.0 Å². The Morgan fingerprint density at radius 2 is 1.83 bits per heavy atom. The van der Waals surface area contributed by atoms with E-state index >= 15 is 0 Å². The Kier molecular flexibility index (Phi) is 4.26. The zero-order chi connectivity index (χ0) is 13.2. The van der Waals surface area contributed by atoms with Crippen LogP contribution in [0.1, 0.15) is 29.6 Å². The predicted molar refractivity (Wildman–Crippen MR) is 77.4 cm³/mol. The molecule has 2 rings (SSSR count). The number of rotatable bonds is 5. The van der Waals surface area contributed by atoms with Crippen LogP contribution in [0.4, 0.5) is 0 Å². The van der Waals surface area contributed by atoms with Gasteiger partial charge in [-0.2, -0.15) is 0 Å². The molecule has 0 atom stereocenters. The van der Waals surface area contributed by atoms with Crippen molar-refractivity contribution < 1.29 is 13.2 Å². The smallest absolute Gasteiger partial charge is 0.268 e. The van der Waals surface area contributed by atoms with Crippen LogP contribution in [-0.4, -0.2) is 29.6 Å². The number of nitrogens with zero attached hydrogens (tertiary/aromatic N) is 1. The van der Waals surface area contributed by atoms with Gasteiger partial charge in [0.15, 0.2) is 0 Å². The lowest BCUT2D eigenvalue weighted by Crippen LogP contribution is -2.30. The van der Waals surface area contributed by atoms with Gasteiger partial charge in [0.2, 0.25) is 0 Å². The van der Waals surface area contributed by atoms with Crippen LogP contribution >= 0.6 is 22.6 Å². The number of carbonyl (C=O) groups is 1. The molecular formula is C12H14INO3S. The Morgan fingerprint density at radius 1 is 1.11 bits per heavy atom. The maximum absolute atomic E-state index is 12.2. The molecule has 0 unspecified atom stereocenters. The minimum Gasteiger partial charge on any atom is -0.268 e. The number of sulfonamides is 1. The zero-order valence-electron chi connectivity index (χ0n) is 9.80. The number of unbranched alkanes of at least 4 members (excludes halogenated alkanes) is 2. The van der Waals surface area contributed by atoms with E-state index in [2.05, 4.69) is 22.6 Å². The first-order valence-electron chi connectivity index (χ1n) is 5.81. The second-order valence-corrected chi connectivity index (χ2v) is 7.04. The molecule has 0 aromatic heterocycles. The normalized spacial score (nSPS) is 16.9. The predicted octanol–water partition coefficient (Wildman–Crippen LogP) is 2.44. The molecule has 1 aliphatic rings. The van der Waals surface area contributed by atoms with Gasteiger partial charge in [-0.25, -0.2) is 12.7 Å². The number of amides is 1. The molecule has 1 heterocycles. The molecular weight excluding hydrogens is 365 g/mol. The number of fused-ring (bicyclic) bond motifs is 1. The summed E-state index contributed by atoms with van der Waals surface area (Å²) in [6, 6.07) is 6.39. The minimum atomic E-state index is -3.60. The van der Waals surface area contributed by atoms with Crippen LogP contribution in [0.15, 0.2) is 29.2 Å². The third-order valence-electron chi connectivity index (χ3n) is 2.91. The zero-order valence-corrected chi connectivity index (χ0v) is 12.8. The topological polar surface area (TPSA) is 54.5 Å². The molecule has 0 spiro atoms. The minimum absolute atomic E-state index is 0.142. The summed E-state index contributed by atoms with van der Waals surface area (Å²) < 4.78 is 26.4. The van der Waals surface area contributed by atoms with E-state index in [1.165, 1.54) is 6.07 Å². The fourth-order valence-electron chi connectivity index (χ4n) is 1.98. The van der Waals surface area contributed by atoms with Gasteiger partial charge in [0.25, 0.3) is 15.9 Å². The molecule has 1 aromatic rings. The van der Waals surface area contributed by atoms with Crippen molar-refractivity contribution in [3.63, 3.8) is 0 Å². The summed E-state index contributed by atoms with van der Waals surface area (Å²) in [7, 11) is -3.60. The van der Waals surface area contributed by atoms with Crippen LogP contribution in [0.2, 0.25) is 0 Å². The van der Waals surface area contributed by atoms with E-state index in [0.717, 1.165) is 28.0 Å². The summed E-state index contributed by atoms with van der Waals surface area (Å²) in [6.07, 6.45) is 2.72. The molecule has 0 radical (unpaired) electrons. The van der Waals surface area contributed by atoms with Crippen molar-refractivity contribution >= 4 is 38.5 Å². The second-order valence-electron chi connectivity index (χ2n) is 4.13. The highest BCUT2D eigenvalue weighted by Gasteiger charge is 2.40. The molecule has 0 aliphatic carbocycles. The molecule has 98 valence electrons. The summed E-state index contributed by atoms with van der Waals surface area (Å²) in [5.41, 5.74) is 0.298. The van der Waals surface area contributed by atoms with Crippen molar-refractivity contribution in [3.05, 3.63) is 29.8 Å². The lowest BCUT2D eigenvalue weighted by Gasteiger charge is -2.14. The summed E-state index contributed by atoms with van der Waals surface area (Å²) in [5.74, 6) is -0.389. The van der Waals surface area contributed by atoms with Crippen molar-refractivity contribution in [2.24, 2.45) is 0 Å². The number of hydrogen-bond donors (Lipinski definition) is 0. The molecule has 1 aromatic carbocycles. The third-order valence-corrected chi connectivity index (χ3v) is 5.51. The SMILES string of the molecule is O=C1c2ccccc2S(=O)(=O)N1CCCCCI. The molecule has 0 fully saturated rings. The van der Waals surface area contributed by atoms with Gasteiger partial charge in [-0.1, -0.05) is 41.1 Å². The molecule has 18 heavy (non-hydrogen) atoms. The Hall–Kier alpha value is -0.630. The maximum Gasteiger partial charge on any atom is 0.269 e. The lowest BCUT2D eigenvalue weighted by molar-refractivity contribution is 0.0869. The van der Waals surface area contributed by atoms with Crippen LogP contribution < -0.4 is 0 Å². The first-order valence-corrected chi connectivity index (χ1v) is 8.77. The largest absolute Gasteiger partial charge is 0.269 e. The van der Waals surface area contributed by atoms with Gasteiger partial charge >= 0.3 is 0 Å². The van der Waals surface area contributed by atoms with Crippen LogP contribution in [0.25, 0.3) is 0 Å². The molecule has 1 aliphatic heterocycles. The van der Waals surface area contributed by atoms with Crippen LogP contribution in [0.3, 0.4) is 0 Å². The van der Waals surface area contributed by atoms with E-state index in [-0.39, 0.29) is 17.3 Å². The molecule has 6 heteroatoms. The third kappa shape index (κ3) is 2.40. The van der Waals surface area contributed by atoms with Gasteiger partial charge in [-0.3, -0.25) is 4.79 Å². The Morgan fingerprint density at radius 3 is 2.50 bits per heavy atom. The van der Waals surface area contributed by atoms with E-state index in [1.54, 1.807) is 18.2 Å². The highest BCUT2D eigenvalue weighted by molar-refractivity contribution is 14.1. The number of carbonyl (C=O) groups excluding carboxylic acids is 1. The van der Waals surface area contributed by atoms with Crippen molar-refractivity contribution in [1.82, 2.24) is 4.31 Å². The Balaban J connectivity index is 2.18. The van der Waals surface area contributed by atoms with Crippen molar-refractivity contribution in [3.8, 4) is 0 Å². The van der Waals surface area contributed by atoms with Crippen LogP contribution in [-0.2, 0) is 10.0 Å². The van der Waals surface area contributed by atoms with Crippen LogP contribution in [0, 0.1) is 0 Å². The molecule has 0 bridgehead atoms. The lowest BCUT2D eigenvalue weighted by atomic mass is 10.2. The number of halogens is 1. The van der Waals surface area contributed by atoms with Crippen molar-refractivity contribution in [2.45, 2.75) is 24.2 Å². The van der Waals surface area contributed by atoms with Gasteiger partial charge in [-0.15, -0.1) is 0 Å². The van der Waals surface area contributed by atoms with Gasteiger partial charge in [0.05, 0.1) is 5.56 Å². The van der Waals surface area contributed by atoms with E-state index in [4.69, 9.17) is 0 Å². The Labute approximate surface area is 121 Å². The molecule has 0 saturated heterocycles. The van der Waals surface area contributed by atoms with Gasteiger partial charge < -0.3 is 0 Å². The van der Waals surface area contributed by atoms with E-state index in [1.807, 2.05) is 0 Å². The number of benzene rings is 1. The van der Waals surface area contributed by atoms with E-state index in [9.17, 15) is 13.2 Å². The first kappa shape index (κ1) is 13.8. The standard InChI is InChI=1S/C12H14INO3S/c13-8-4-1-5-9-14-12(15)10-6-2-3-7-11(10)18(14,16)17/h2-3,6-7H,1,4-5,8-9H2. The first-order chi connectivity index (χ1) is 8.59. The quantitative estimate of drug-likeness (QED) is 0.449. The highest BCUT2D eigenvalue weighted by Crippen LogP contribution is 2.29. The molecule has 1 amide bonds. The molecule has 4 nitrogen and oxygen atoms in total. The van der Waals surface area contributed by atoms with Crippen LogP contribution in [0.5, 0.6) is 0 Å².